The molecule has 1 heterocycles. The molecule has 0 saturated heterocycles. The molecule has 158 valence electrons. The fraction of sp³-hybridized carbons (Fsp3) is 0.200. The molecule has 0 aliphatic carbocycles. The standard InChI is InChI=1S/C25H23NO5/c27-24(26-15-21-16-29-22-8-4-5-9-23(22)31-21)17-30-25(28)14-18-10-12-20(13-11-18)19-6-2-1-3-7-19/h1-13,21H,14-17H2,(H,26,27). The van der Waals surface area contributed by atoms with Crippen molar-refractivity contribution in [3.05, 3.63) is 84.4 Å². The number of carbonyl (C=O) groups excluding carboxylic acids is 2. The minimum atomic E-state index is -0.450. The lowest BCUT2D eigenvalue weighted by Gasteiger charge is -2.26. The molecular formula is C25H23NO5. The Hall–Kier alpha value is -3.80. The molecule has 3 aromatic rings. The number of esters is 1. The predicted molar refractivity (Wildman–Crippen MR) is 116 cm³/mol. The van der Waals surface area contributed by atoms with Gasteiger partial charge in [0.15, 0.2) is 18.1 Å². The summed E-state index contributed by atoms with van der Waals surface area (Å²) in [5, 5.41) is 2.71. The second-order valence-electron chi connectivity index (χ2n) is 7.20. The molecule has 6 heteroatoms. The minimum Gasteiger partial charge on any atom is -0.486 e. The lowest BCUT2D eigenvalue weighted by molar-refractivity contribution is -0.148. The second-order valence-corrected chi connectivity index (χ2v) is 7.20. The highest BCUT2D eigenvalue weighted by Gasteiger charge is 2.21. The maximum Gasteiger partial charge on any atom is 0.310 e. The van der Waals surface area contributed by atoms with Crippen LogP contribution in [0.2, 0.25) is 0 Å². The maximum atomic E-state index is 12.1. The van der Waals surface area contributed by atoms with E-state index in [4.69, 9.17) is 14.2 Å². The Morgan fingerprint density at radius 1 is 0.871 bits per heavy atom. The fourth-order valence-corrected chi connectivity index (χ4v) is 3.25. The van der Waals surface area contributed by atoms with Crippen LogP contribution in [0.25, 0.3) is 11.1 Å². The van der Waals surface area contributed by atoms with E-state index in [9.17, 15) is 9.59 Å². The second kappa shape index (κ2) is 9.80. The van der Waals surface area contributed by atoms with E-state index >= 15 is 0 Å². The van der Waals surface area contributed by atoms with Crippen molar-refractivity contribution >= 4 is 11.9 Å². The number of fused-ring (bicyclic) bond motifs is 1. The molecule has 0 aromatic heterocycles. The van der Waals surface area contributed by atoms with Crippen molar-refractivity contribution < 1.29 is 23.8 Å². The van der Waals surface area contributed by atoms with Gasteiger partial charge in [0.2, 0.25) is 0 Å². The number of rotatable bonds is 7. The third kappa shape index (κ3) is 5.63. The van der Waals surface area contributed by atoms with E-state index < -0.39 is 5.97 Å². The van der Waals surface area contributed by atoms with Gasteiger partial charge in [-0.1, -0.05) is 66.7 Å². The molecule has 0 bridgehead atoms. The van der Waals surface area contributed by atoms with Gasteiger partial charge in [-0.15, -0.1) is 0 Å². The largest absolute Gasteiger partial charge is 0.486 e. The Labute approximate surface area is 180 Å². The van der Waals surface area contributed by atoms with Crippen LogP contribution >= 0.6 is 0 Å². The first kappa shape index (κ1) is 20.5. The van der Waals surface area contributed by atoms with Gasteiger partial charge in [-0.3, -0.25) is 9.59 Å². The van der Waals surface area contributed by atoms with Crippen molar-refractivity contribution in [1.29, 1.82) is 0 Å². The zero-order valence-corrected chi connectivity index (χ0v) is 17.0. The number of hydrogen-bond acceptors (Lipinski definition) is 5. The highest BCUT2D eigenvalue weighted by molar-refractivity contribution is 5.81. The number of carbonyl (C=O) groups is 2. The van der Waals surface area contributed by atoms with Gasteiger partial charge in [-0.05, 0) is 28.8 Å². The maximum absolute atomic E-state index is 12.1. The monoisotopic (exact) mass is 417 g/mol. The van der Waals surface area contributed by atoms with E-state index in [2.05, 4.69) is 5.32 Å². The van der Waals surface area contributed by atoms with E-state index in [1.807, 2.05) is 78.9 Å². The smallest absolute Gasteiger partial charge is 0.310 e. The number of amides is 1. The van der Waals surface area contributed by atoms with Crippen LogP contribution in [0.15, 0.2) is 78.9 Å². The van der Waals surface area contributed by atoms with Crippen LogP contribution in [-0.4, -0.2) is 37.7 Å². The Balaban J connectivity index is 1.18. The number of nitrogens with one attached hydrogen (secondary N) is 1. The van der Waals surface area contributed by atoms with Crippen molar-refractivity contribution in [3.63, 3.8) is 0 Å². The minimum absolute atomic E-state index is 0.110. The van der Waals surface area contributed by atoms with Gasteiger partial charge in [-0.25, -0.2) is 0 Å². The quantitative estimate of drug-likeness (QED) is 0.597. The fourth-order valence-electron chi connectivity index (χ4n) is 3.25. The first-order chi connectivity index (χ1) is 15.2. The molecule has 3 aromatic carbocycles. The van der Waals surface area contributed by atoms with E-state index in [1.54, 1.807) is 0 Å². The summed E-state index contributed by atoms with van der Waals surface area (Å²) in [5.41, 5.74) is 3.02. The molecule has 6 nitrogen and oxygen atoms in total. The summed E-state index contributed by atoms with van der Waals surface area (Å²) in [4.78, 5) is 24.1. The summed E-state index contributed by atoms with van der Waals surface area (Å²) in [6.45, 7) is 0.285. The molecule has 0 fully saturated rings. The third-order valence-corrected chi connectivity index (χ3v) is 4.87. The van der Waals surface area contributed by atoms with Gasteiger partial charge in [0, 0.05) is 0 Å². The Bertz CT molecular complexity index is 1030. The Kier molecular flexibility index (Phi) is 6.47. The van der Waals surface area contributed by atoms with Gasteiger partial charge >= 0.3 is 5.97 Å². The zero-order chi connectivity index (χ0) is 21.5. The number of ether oxygens (including phenoxy) is 3. The van der Waals surface area contributed by atoms with Gasteiger partial charge < -0.3 is 19.5 Å². The summed E-state index contributed by atoms with van der Waals surface area (Å²) < 4.78 is 16.5. The van der Waals surface area contributed by atoms with Crippen LogP contribution in [0.1, 0.15) is 5.56 Å². The van der Waals surface area contributed by atoms with Crippen LogP contribution in [0.4, 0.5) is 0 Å². The van der Waals surface area contributed by atoms with Crippen molar-refractivity contribution in [2.24, 2.45) is 0 Å². The number of benzene rings is 3. The highest BCUT2D eigenvalue weighted by atomic mass is 16.6. The van der Waals surface area contributed by atoms with Crippen molar-refractivity contribution in [1.82, 2.24) is 5.32 Å². The molecule has 1 aliphatic heterocycles. The van der Waals surface area contributed by atoms with Crippen molar-refractivity contribution in [2.75, 3.05) is 19.8 Å². The van der Waals surface area contributed by atoms with Gasteiger partial charge in [0.1, 0.15) is 12.7 Å². The molecule has 4 rings (SSSR count). The summed E-state index contributed by atoms with van der Waals surface area (Å²) in [7, 11) is 0. The molecule has 1 atom stereocenters. The molecule has 0 spiro atoms. The summed E-state index contributed by atoms with van der Waals surface area (Å²) in [6, 6.07) is 25.1. The lowest BCUT2D eigenvalue weighted by Crippen LogP contribution is -2.42. The molecule has 1 unspecified atom stereocenters. The molecule has 1 N–H and O–H groups in total. The topological polar surface area (TPSA) is 73.9 Å². The molecule has 1 aliphatic rings. The summed E-state index contributed by atoms with van der Waals surface area (Å²) >= 11 is 0. The molecule has 1 amide bonds. The van der Waals surface area contributed by atoms with E-state index in [-0.39, 0.29) is 31.6 Å². The zero-order valence-electron chi connectivity index (χ0n) is 17.0. The van der Waals surface area contributed by atoms with Crippen LogP contribution in [0.3, 0.4) is 0 Å². The van der Waals surface area contributed by atoms with Gasteiger partial charge in [-0.2, -0.15) is 0 Å². The van der Waals surface area contributed by atoms with Crippen LogP contribution in [0.5, 0.6) is 11.5 Å². The number of para-hydroxylation sites is 2. The SMILES string of the molecule is O=C(COC(=O)Cc1ccc(-c2ccccc2)cc1)NCC1COc2ccccc2O1. The van der Waals surface area contributed by atoms with Crippen LogP contribution in [-0.2, 0) is 20.7 Å². The Morgan fingerprint density at radius 2 is 1.55 bits per heavy atom. The highest BCUT2D eigenvalue weighted by Crippen LogP contribution is 2.30. The first-order valence-corrected chi connectivity index (χ1v) is 10.1. The van der Waals surface area contributed by atoms with Crippen molar-refractivity contribution in [3.8, 4) is 22.6 Å². The lowest BCUT2D eigenvalue weighted by atomic mass is 10.0. The van der Waals surface area contributed by atoms with Crippen molar-refractivity contribution in [2.45, 2.75) is 12.5 Å². The summed E-state index contributed by atoms with van der Waals surface area (Å²) in [5.74, 6) is 0.512. The van der Waals surface area contributed by atoms with E-state index in [0.29, 0.717) is 18.1 Å². The molecule has 0 radical (unpaired) electrons. The van der Waals surface area contributed by atoms with Gasteiger partial charge in [0.25, 0.3) is 5.91 Å². The summed E-state index contributed by atoms with van der Waals surface area (Å²) in [6.07, 6.45) is -0.184. The van der Waals surface area contributed by atoms with Gasteiger partial charge in [0.05, 0.1) is 13.0 Å². The van der Waals surface area contributed by atoms with E-state index in [1.165, 1.54) is 0 Å². The normalized spacial score (nSPS) is 14.5. The predicted octanol–water partition coefficient (Wildman–Crippen LogP) is 3.40. The third-order valence-electron chi connectivity index (χ3n) is 4.87. The molecule has 0 saturated carbocycles. The molecule has 31 heavy (non-hydrogen) atoms. The van der Waals surface area contributed by atoms with E-state index in [0.717, 1.165) is 16.7 Å². The average Bonchev–Trinajstić information content (AvgIpc) is 2.82. The molecular weight excluding hydrogens is 394 g/mol. The number of hydrogen-bond donors (Lipinski definition) is 1. The average molecular weight is 417 g/mol. The van der Waals surface area contributed by atoms with Crippen LogP contribution < -0.4 is 14.8 Å². The Morgan fingerprint density at radius 3 is 2.32 bits per heavy atom. The van der Waals surface area contributed by atoms with Crippen LogP contribution in [0, 0.1) is 0 Å². The first-order valence-electron chi connectivity index (χ1n) is 10.1.